The van der Waals surface area contributed by atoms with Gasteiger partial charge in [0.25, 0.3) is 0 Å². The van der Waals surface area contributed by atoms with Crippen LogP contribution in [0.1, 0.15) is 81.7 Å². The summed E-state index contributed by atoms with van der Waals surface area (Å²) in [6, 6.07) is 12.9. The van der Waals surface area contributed by atoms with E-state index in [4.69, 9.17) is 4.74 Å². The molecule has 0 spiro atoms. The molecule has 1 aliphatic carbocycles. The first-order valence-electron chi connectivity index (χ1n) is 12.8. The number of ether oxygens (including phenoxy) is 1. The predicted molar refractivity (Wildman–Crippen MR) is 147 cm³/mol. The minimum absolute atomic E-state index is 0.103. The Kier molecular flexibility index (Phi) is 9.04. The first-order valence-corrected chi connectivity index (χ1v) is 13.8. The van der Waals surface area contributed by atoms with Crippen molar-refractivity contribution in [1.29, 1.82) is 0 Å². The van der Waals surface area contributed by atoms with Gasteiger partial charge in [-0.2, -0.15) is 0 Å². The maximum atomic E-state index is 13.7. The van der Waals surface area contributed by atoms with Crippen LogP contribution in [0.4, 0.5) is 0 Å². The molecular weight excluding hydrogens is 452 g/mol. The Bertz CT molecular complexity index is 1080. The number of allylic oxidation sites excluding steroid dienone is 2. The maximum absolute atomic E-state index is 13.7. The molecule has 0 amide bonds. The van der Waals surface area contributed by atoms with E-state index in [2.05, 4.69) is 64.1 Å². The molecule has 2 aromatic rings. The van der Waals surface area contributed by atoms with Gasteiger partial charge in [-0.1, -0.05) is 49.2 Å². The highest BCUT2D eigenvalue weighted by molar-refractivity contribution is 7.99. The molecule has 4 heteroatoms. The third-order valence-electron chi connectivity index (χ3n) is 6.61. The summed E-state index contributed by atoms with van der Waals surface area (Å²) in [6.45, 7) is 14.0. The van der Waals surface area contributed by atoms with Crippen molar-refractivity contribution in [2.75, 3.05) is 5.75 Å². The second kappa shape index (κ2) is 11.6. The second-order valence-electron chi connectivity index (χ2n) is 10.8. The van der Waals surface area contributed by atoms with E-state index in [1.165, 1.54) is 16.0 Å². The molecule has 1 atom stereocenters. The highest BCUT2D eigenvalue weighted by Gasteiger charge is 2.34. The molecule has 35 heavy (non-hydrogen) atoms. The van der Waals surface area contributed by atoms with Gasteiger partial charge in [-0.25, -0.2) is 0 Å². The Morgan fingerprint density at radius 1 is 0.971 bits per heavy atom. The van der Waals surface area contributed by atoms with Crippen LogP contribution < -0.4 is 0 Å². The molecule has 2 aromatic carbocycles. The van der Waals surface area contributed by atoms with Crippen molar-refractivity contribution in [3.63, 3.8) is 0 Å². The van der Waals surface area contributed by atoms with Crippen molar-refractivity contribution in [2.24, 2.45) is 11.3 Å². The Morgan fingerprint density at radius 3 is 2.11 bits per heavy atom. The number of ketones is 1. The lowest BCUT2D eigenvalue weighted by atomic mass is 9.79. The van der Waals surface area contributed by atoms with Gasteiger partial charge in [0.15, 0.2) is 5.78 Å². The number of thioether (sulfide) groups is 1. The Hall–Kier alpha value is -2.33. The maximum Gasteiger partial charge on any atom is 0.316 e. The predicted octanol–water partition coefficient (Wildman–Crippen LogP) is 7.89. The van der Waals surface area contributed by atoms with E-state index in [1.807, 2.05) is 32.5 Å². The van der Waals surface area contributed by atoms with Gasteiger partial charge in [0.2, 0.25) is 0 Å². The molecule has 0 saturated carbocycles. The lowest BCUT2D eigenvalue weighted by Gasteiger charge is -2.29. The van der Waals surface area contributed by atoms with E-state index in [9.17, 15) is 9.59 Å². The molecule has 0 heterocycles. The highest BCUT2D eigenvalue weighted by Crippen LogP contribution is 2.40. The van der Waals surface area contributed by atoms with E-state index in [0.717, 1.165) is 41.7 Å². The zero-order chi connectivity index (χ0) is 25.8. The van der Waals surface area contributed by atoms with E-state index in [-0.39, 0.29) is 17.7 Å². The summed E-state index contributed by atoms with van der Waals surface area (Å²) in [5, 5.41) is 0. The van der Waals surface area contributed by atoms with Crippen LogP contribution in [0.3, 0.4) is 0 Å². The fourth-order valence-corrected chi connectivity index (χ4v) is 5.61. The zero-order valence-electron chi connectivity index (χ0n) is 22.4. The van der Waals surface area contributed by atoms with Gasteiger partial charge in [-0.15, -0.1) is 11.8 Å². The van der Waals surface area contributed by atoms with Gasteiger partial charge < -0.3 is 4.74 Å². The largest absolute Gasteiger partial charge is 0.430 e. The Morgan fingerprint density at radius 2 is 1.57 bits per heavy atom. The van der Waals surface area contributed by atoms with Crippen LogP contribution in [0.2, 0.25) is 0 Å². The number of rotatable bonds is 8. The van der Waals surface area contributed by atoms with Gasteiger partial charge in [0, 0.05) is 17.7 Å². The van der Waals surface area contributed by atoms with Crippen LogP contribution in [0.15, 0.2) is 47.1 Å². The van der Waals surface area contributed by atoms with Crippen LogP contribution in [0.25, 0.3) is 5.57 Å². The van der Waals surface area contributed by atoms with Crippen molar-refractivity contribution >= 4 is 29.1 Å². The highest BCUT2D eigenvalue weighted by atomic mass is 32.2. The number of esters is 1. The molecule has 1 unspecified atom stereocenters. The monoisotopic (exact) mass is 492 g/mol. The van der Waals surface area contributed by atoms with Gasteiger partial charge in [-0.05, 0) is 94.4 Å². The van der Waals surface area contributed by atoms with Crippen molar-refractivity contribution < 1.29 is 14.3 Å². The molecule has 0 aliphatic heterocycles. The summed E-state index contributed by atoms with van der Waals surface area (Å²) >= 11 is 1.82. The van der Waals surface area contributed by atoms with E-state index in [0.29, 0.717) is 24.2 Å². The lowest BCUT2D eigenvalue weighted by molar-refractivity contribution is -0.148. The molecule has 0 bridgehead atoms. The average Bonchev–Trinajstić information content (AvgIpc) is 2.79. The molecule has 0 radical (unpaired) electrons. The molecule has 0 fully saturated rings. The van der Waals surface area contributed by atoms with Crippen molar-refractivity contribution in [1.82, 2.24) is 0 Å². The Balaban J connectivity index is 1.94. The number of carbonyl (C=O) groups excluding carboxylic acids is 2. The van der Waals surface area contributed by atoms with E-state index >= 15 is 0 Å². The smallest absolute Gasteiger partial charge is 0.316 e. The van der Waals surface area contributed by atoms with Gasteiger partial charge in [-0.3, -0.25) is 9.59 Å². The van der Waals surface area contributed by atoms with Gasteiger partial charge in [0.1, 0.15) is 5.76 Å². The van der Waals surface area contributed by atoms with Crippen molar-refractivity contribution in [3.05, 3.63) is 70.0 Å². The molecule has 3 rings (SSSR count). The molecule has 0 N–H and O–H groups in total. The number of hydrogen-bond donors (Lipinski definition) is 0. The fourth-order valence-electron chi connectivity index (χ4n) is 4.60. The minimum atomic E-state index is -0.635. The lowest BCUT2D eigenvalue weighted by Crippen LogP contribution is -2.27. The van der Waals surface area contributed by atoms with Gasteiger partial charge in [0.05, 0.1) is 11.0 Å². The number of carbonyl (C=O) groups is 2. The molecular formula is C31H40O3S. The van der Waals surface area contributed by atoms with Gasteiger partial charge >= 0.3 is 5.97 Å². The van der Waals surface area contributed by atoms with E-state index < -0.39 is 5.41 Å². The van der Waals surface area contributed by atoms with Crippen LogP contribution in [0.5, 0.6) is 0 Å². The minimum Gasteiger partial charge on any atom is -0.430 e. The Labute approximate surface area is 215 Å². The van der Waals surface area contributed by atoms with Crippen LogP contribution in [-0.2, 0) is 27.2 Å². The third-order valence-corrected chi connectivity index (χ3v) is 7.65. The van der Waals surface area contributed by atoms with Crippen molar-refractivity contribution in [3.8, 4) is 0 Å². The third kappa shape index (κ3) is 6.88. The molecule has 0 aromatic heterocycles. The summed E-state index contributed by atoms with van der Waals surface area (Å²) in [5.74, 6) is 1.50. The first-order chi connectivity index (χ1) is 16.5. The van der Waals surface area contributed by atoms with Crippen molar-refractivity contribution in [2.45, 2.75) is 85.5 Å². The standard InChI is InChI=1S/C31H40O3S/c1-8-23-16-21(4)17-24(9-2)28(23)29-26(32)18-22(19-27(29)34-30(33)31(5,6)7)14-15-35-25-12-10-20(3)11-13-25/h10-13,16-17,22H,8-9,14-15,18-19H2,1-7H3. The quantitative estimate of drug-likeness (QED) is 0.278. The normalized spacial score (nSPS) is 16.5. The van der Waals surface area contributed by atoms with Crippen LogP contribution >= 0.6 is 11.8 Å². The number of hydrogen-bond acceptors (Lipinski definition) is 4. The number of benzene rings is 2. The summed E-state index contributed by atoms with van der Waals surface area (Å²) in [4.78, 5) is 27.9. The van der Waals surface area contributed by atoms with Crippen LogP contribution in [-0.4, -0.2) is 17.5 Å². The zero-order valence-corrected chi connectivity index (χ0v) is 23.2. The molecule has 1 aliphatic rings. The first kappa shape index (κ1) is 27.3. The SMILES string of the molecule is CCc1cc(C)cc(CC)c1C1=C(OC(=O)C(C)(C)C)CC(CCSc2ccc(C)cc2)CC1=O. The molecule has 3 nitrogen and oxygen atoms in total. The topological polar surface area (TPSA) is 43.4 Å². The molecule has 188 valence electrons. The summed E-state index contributed by atoms with van der Waals surface area (Å²) in [5.41, 5.74) is 5.76. The molecule has 0 saturated heterocycles. The summed E-state index contributed by atoms with van der Waals surface area (Å²) < 4.78 is 6.04. The second-order valence-corrected chi connectivity index (χ2v) is 11.9. The summed E-state index contributed by atoms with van der Waals surface area (Å²) in [7, 11) is 0. The fraction of sp³-hybridized carbons (Fsp3) is 0.484. The van der Waals surface area contributed by atoms with E-state index in [1.54, 1.807) is 0 Å². The summed E-state index contributed by atoms with van der Waals surface area (Å²) in [6.07, 6.45) is 3.69. The number of aryl methyl sites for hydroxylation is 4. The average molecular weight is 493 g/mol. The van der Waals surface area contributed by atoms with Crippen LogP contribution in [0, 0.1) is 25.2 Å². The number of Topliss-reactive ketones (excluding diaryl/α,β-unsaturated/α-hetero) is 1.